The van der Waals surface area contributed by atoms with Crippen LogP contribution in [0, 0.1) is 10.1 Å². The lowest BCUT2D eigenvalue weighted by Gasteiger charge is -2.23. The van der Waals surface area contributed by atoms with E-state index in [9.17, 15) is 19.7 Å². The van der Waals surface area contributed by atoms with Crippen molar-refractivity contribution in [2.45, 2.75) is 38.7 Å². The first kappa shape index (κ1) is 18.3. The summed E-state index contributed by atoms with van der Waals surface area (Å²) in [5.41, 5.74) is -0.0278. The topological polar surface area (TPSA) is 89.7 Å². The van der Waals surface area contributed by atoms with Gasteiger partial charge in [0.05, 0.1) is 4.92 Å². The van der Waals surface area contributed by atoms with Gasteiger partial charge in [-0.05, 0) is 31.9 Å². The molecule has 0 unspecified atom stereocenters. The fourth-order valence-electron chi connectivity index (χ4n) is 3.06. The van der Waals surface area contributed by atoms with E-state index in [1.807, 2.05) is 0 Å². The number of fused-ring (bicyclic) bond motifs is 1. The van der Waals surface area contributed by atoms with E-state index in [1.54, 1.807) is 24.0 Å². The summed E-state index contributed by atoms with van der Waals surface area (Å²) in [7, 11) is 0. The molecule has 26 heavy (non-hydrogen) atoms. The Kier molecular flexibility index (Phi) is 5.51. The van der Waals surface area contributed by atoms with E-state index in [1.165, 1.54) is 23.5 Å². The van der Waals surface area contributed by atoms with E-state index in [4.69, 9.17) is 4.74 Å². The number of likely N-dealkylation sites (tertiary alicyclic amines) is 1. The van der Waals surface area contributed by atoms with Gasteiger partial charge in [-0.2, -0.15) is 0 Å². The van der Waals surface area contributed by atoms with Gasteiger partial charge < -0.3 is 9.64 Å². The van der Waals surface area contributed by atoms with Crippen LogP contribution in [0.2, 0.25) is 0 Å². The molecule has 1 fully saturated rings. The van der Waals surface area contributed by atoms with Gasteiger partial charge in [0.2, 0.25) is 0 Å². The molecule has 1 saturated heterocycles. The van der Waals surface area contributed by atoms with Crippen LogP contribution in [0.5, 0.6) is 0 Å². The number of amides is 1. The van der Waals surface area contributed by atoms with Crippen molar-refractivity contribution < 1.29 is 19.2 Å². The molecule has 1 amide bonds. The maximum absolute atomic E-state index is 12.5. The molecule has 0 aliphatic carbocycles. The van der Waals surface area contributed by atoms with E-state index in [0.29, 0.717) is 23.4 Å². The van der Waals surface area contributed by atoms with Crippen molar-refractivity contribution in [1.82, 2.24) is 4.90 Å². The van der Waals surface area contributed by atoms with Crippen molar-refractivity contribution >= 4 is 39.0 Å². The molecule has 2 aromatic rings. The third-order valence-electron chi connectivity index (χ3n) is 4.46. The van der Waals surface area contributed by atoms with Gasteiger partial charge >= 0.3 is 5.97 Å². The number of non-ortho nitro benzene ring substituents is 1. The van der Waals surface area contributed by atoms with E-state index < -0.39 is 17.0 Å². The number of esters is 1. The average Bonchev–Trinajstić information content (AvgIpc) is 2.86. The molecule has 7 nitrogen and oxygen atoms in total. The highest BCUT2D eigenvalue weighted by Crippen LogP contribution is 2.29. The quantitative estimate of drug-likeness (QED) is 0.460. The lowest BCUT2D eigenvalue weighted by atomic mass is 10.2. The number of hydrogen-bond acceptors (Lipinski definition) is 6. The van der Waals surface area contributed by atoms with Gasteiger partial charge in [0.15, 0.2) is 6.10 Å². The Hall–Kier alpha value is -2.48. The van der Waals surface area contributed by atoms with Crippen molar-refractivity contribution in [3.05, 3.63) is 39.3 Å². The highest BCUT2D eigenvalue weighted by molar-refractivity contribution is 7.20. The largest absolute Gasteiger partial charge is 0.448 e. The van der Waals surface area contributed by atoms with Gasteiger partial charge in [0.25, 0.3) is 11.6 Å². The summed E-state index contributed by atoms with van der Waals surface area (Å²) in [6.45, 7) is 2.99. The highest BCUT2D eigenvalue weighted by Gasteiger charge is 2.25. The SMILES string of the molecule is C[C@H](OC(=O)c1cc2cc([N+](=O)[O-])ccc2s1)C(=O)N1CCCCCC1. The molecule has 0 saturated carbocycles. The third kappa shape index (κ3) is 4.01. The molecule has 0 bridgehead atoms. The fraction of sp³-hybridized carbons (Fsp3) is 0.444. The summed E-state index contributed by atoms with van der Waals surface area (Å²) in [5, 5.41) is 11.5. The van der Waals surface area contributed by atoms with Crippen LogP contribution in [0.15, 0.2) is 24.3 Å². The van der Waals surface area contributed by atoms with Crippen LogP contribution in [0.25, 0.3) is 10.1 Å². The fourth-order valence-corrected chi connectivity index (χ4v) is 3.99. The van der Waals surface area contributed by atoms with Crippen LogP contribution >= 0.6 is 11.3 Å². The Balaban J connectivity index is 1.69. The Morgan fingerprint density at radius 3 is 2.54 bits per heavy atom. The molecule has 1 atom stereocenters. The molecule has 3 rings (SSSR count). The minimum atomic E-state index is -0.847. The highest BCUT2D eigenvalue weighted by atomic mass is 32.1. The number of nitro groups is 1. The average molecular weight is 376 g/mol. The third-order valence-corrected chi connectivity index (χ3v) is 5.56. The van der Waals surface area contributed by atoms with Crippen LogP contribution in [0.3, 0.4) is 0 Å². The van der Waals surface area contributed by atoms with Crippen molar-refractivity contribution in [2.24, 2.45) is 0 Å². The number of nitro benzene ring substituents is 1. The van der Waals surface area contributed by atoms with Crippen molar-refractivity contribution in [3.8, 4) is 0 Å². The van der Waals surface area contributed by atoms with Crippen LogP contribution in [-0.4, -0.2) is 40.9 Å². The second-order valence-electron chi connectivity index (χ2n) is 6.38. The first-order valence-corrected chi connectivity index (χ1v) is 9.45. The number of rotatable bonds is 4. The molecule has 0 radical (unpaired) electrons. The van der Waals surface area contributed by atoms with Gasteiger partial charge in [0.1, 0.15) is 4.88 Å². The zero-order chi connectivity index (χ0) is 18.7. The van der Waals surface area contributed by atoms with Gasteiger partial charge in [-0.1, -0.05) is 12.8 Å². The molecular formula is C18H20N2O5S. The monoisotopic (exact) mass is 376 g/mol. The molecule has 1 aliphatic rings. The molecule has 0 N–H and O–H groups in total. The number of nitrogens with zero attached hydrogens (tertiary/aromatic N) is 2. The Bertz CT molecular complexity index is 839. The second-order valence-corrected chi connectivity index (χ2v) is 7.46. The van der Waals surface area contributed by atoms with E-state index in [2.05, 4.69) is 0 Å². The van der Waals surface area contributed by atoms with Crippen LogP contribution in [-0.2, 0) is 9.53 Å². The smallest absolute Gasteiger partial charge is 0.349 e. The molecule has 138 valence electrons. The maximum Gasteiger partial charge on any atom is 0.349 e. The Morgan fingerprint density at radius 2 is 1.88 bits per heavy atom. The zero-order valence-electron chi connectivity index (χ0n) is 14.5. The van der Waals surface area contributed by atoms with Crippen molar-refractivity contribution in [2.75, 3.05) is 13.1 Å². The summed E-state index contributed by atoms with van der Waals surface area (Å²) in [6, 6.07) is 6.01. The lowest BCUT2D eigenvalue weighted by molar-refractivity contribution is -0.384. The predicted molar refractivity (Wildman–Crippen MR) is 98.4 cm³/mol. The number of carbonyl (C=O) groups is 2. The number of ether oxygens (including phenoxy) is 1. The van der Waals surface area contributed by atoms with Crippen molar-refractivity contribution in [3.63, 3.8) is 0 Å². The standard InChI is InChI=1S/C18H20N2O5S/c1-12(17(21)19-8-4-2-3-5-9-19)25-18(22)16-11-13-10-14(20(23)24)6-7-15(13)26-16/h6-7,10-12H,2-5,8-9H2,1H3/t12-/m0/s1. The lowest BCUT2D eigenvalue weighted by Crippen LogP contribution is -2.40. The summed E-state index contributed by atoms with van der Waals surface area (Å²) in [5.74, 6) is -0.749. The summed E-state index contributed by atoms with van der Waals surface area (Å²) in [6.07, 6.45) is 3.33. The van der Waals surface area contributed by atoms with Gasteiger partial charge in [0, 0.05) is 35.3 Å². The first-order chi connectivity index (χ1) is 12.5. The van der Waals surface area contributed by atoms with Gasteiger partial charge in [-0.3, -0.25) is 14.9 Å². The normalized spacial score (nSPS) is 16.1. The maximum atomic E-state index is 12.5. The number of hydrogen-bond donors (Lipinski definition) is 0. The van der Waals surface area contributed by atoms with Gasteiger partial charge in [-0.25, -0.2) is 4.79 Å². The molecule has 0 spiro atoms. The molecular weight excluding hydrogens is 356 g/mol. The minimum Gasteiger partial charge on any atom is -0.448 e. The van der Waals surface area contributed by atoms with Gasteiger partial charge in [-0.15, -0.1) is 11.3 Å². The van der Waals surface area contributed by atoms with Crippen LogP contribution in [0.1, 0.15) is 42.3 Å². The second kappa shape index (κ2) is 7.82. The Labute approximate surface area is 154 Å². The van der Waals surface area contributed by atoms with Crippen molar-refractivity contribution in [1.29, 1.82) is 0 Å². The molecule has 1 aromatic heterocycles. The number of thiophene rings is 1. The zero-order valence-corrected chi connectivity index (χ0v) is 15.3. The molecule has 1 aliphatic heterocycles. The molecule has 8 heteroatoms. The van der Waals surface area contributed by atoms with E-state index >= 15 is 0 Å². The number of benzene rings is 1. The minimum absolute atomic E-state index is 0.0278. The van der Waals surface area contributed by atoms with Crippen LogP contribution in [0.4, 0.5) is 5.69 Å². The summed E-state index contributed by atoms with van der Waals surface area (Å²) < 4.78 is 6.10. The van der Waals surface area contributed by atoms with E-state index in [0.717, 1.165) is 30.4 Å². The first-order valence-electron chi connectivity index (χ1n) is 8.63. The molecule has 2 heterocycles. The summed E-state index contributed by atoms with van der Waals surface area (Å²) in [4.78, 5) is 37.3. The molecule has 1 aromatic carbocycles. The van der Waals surface area contributed by atoms with Crippen LogP contribution < -0.4 is 0 Å². The predicted octanol–water partition coefficient (Wildman–Crippen LogP) is 3.76. The summed E-state index contributed by atoms with van der Waals surface area (Å²) >= 11 is 1.20. The van der Waals surface area contributed by atoms with E-state index in [-0.39, 0.29) is 11.6 Å². The number of carbonyl (C=O) groups excluding carboxylic acids is 2. The Morgan fingerprint density at radius 1 is 1.19 bits per heavy atom.